The van der Waals surface area contributed by atoms with Gasteiger partial charge in [-0.2, -0.15) is 0 Å². The Morgan fingerprint density at radius 2 is 1.88 bits per heavy atom. The number of pyridine rings is 1. The fourth-order valence-electron chi connectivity index (χ4n) is 1.69. The maximum atomic E-state index is 5.75. The monoisotopic (exact) mass is 210 g/mol. The number of nitrogens with zero attached hydrogens (tertiary/aromatic N) is 2. The summed E-state index contributed by atoms with van der Waals surface area (Å²) in [5.41, 5.74) is 8.43. The van der Waals surface area contributed by atoms with Crippen LogP contribution in [-0.2, 0) is 0 Å². The van der Waals surface area contributed by atoms with Crippen molar-refractivity contribution in [1.82, 2.24) is 15.0 Å². The number of nitrogen functional groups attached to an aromatic ring is 1. The number of H-pyrrole nitrogens is 1. The lowest BCUT2D eigenvalue weighted by molar-refractivity contribution is 1.33. The number of hydrogen-bond donors (Lipinski definition) is 2. The van der Waals surface area contributed by atoms with Crippen molar-refractivity contribution in [3.63, 3.8) is 0 Å². The van der Waals surface area contributed by atoms with Gasteiger partial charge in [0.1, 0.15) is 11.3 Å². The number of imidazole rings is 1. The zero-order valence-electron chi connectivity index (χ0n) is 8.51. The summed E-state index contributed by atoms with van der Waals surface area (Å²) in [6.07, 6.45) is 1.67. The number of aromatic amines is 1. The number of rotatable bonds is 1. The number of fused-ring (bicyclic) bond motifs is 1. The summed E-state index contributed by atoms with van der Waals surface area (Å²) in [5.74, 6) is 1.27. The standard InChI is InChI=1S/C12H10N4/c13-11-10-9(6-7-14-11)15-12(16-10)8-4-2-1-3-5-8/h1-7H,(H2,13,14)(H,15,16). The van der Waals surface area contributed by atoms with Crippen LogP contribution < -0.4 is 5.73 Å². The zero-order chi connectivity index (χ0) is 11.0. The molecule has 0 saturated heterocycles. The van der Waals surface area contributed by atoms with Crippen molar-refractivity contribution in [2.24, 2.45) is 0 Å². The van der Waals surface area contributed by atoms with E-state index in [2.05, 4.69) is 15.0 Å². The van der Waals surface area contributed by atoms with Crippen LogP contribution in [0.4, 0.5) is 5.82 Å². The van der Waals surface area contributed by atoms with E-state index in [0.29, 0.717) is 5.82 Å². The summed E-state index contributed by atoms with van der Waals surface area (Å²) in [5, 5.41) is 0. The van der Waals surface area contributed by atoms with E-state index in [1.807, 2.05) is 36.4 Å². The number of hydrogen-bond acceptors (Lipinski definition) is 3. The number of anilines is 1. The van der Waals surface area contributed by atoms with Crippen LogP contribution in [0.15, 0.2) is 42.6 Å². The summed E-state index contributed by atoms with van der Waals surface area (Å²) < 4.78 is 0. The summed E-state index contributed by atoms with van der Waals surface area (Å²) >= 11 is 0. The van der Waals surface area contributed by atoms with Crippen molar-refractivity contribution in [2.75, 3.05) is 5.73 Å². The van der Waals surface area contributed by atoms with Crippen molar-refractivity contribution in [3.8, 4) is 11.4 Å². The lowest BCUT2D eigenvalue weighted by atomic mass is 10.2. The van der Waals surface area contributed by atoms with E-state index in [9.17, 15) is 0 Å². The first-order chi connectivity index (χ1) is 7.84. The molecular formula is C12H10N4. The van der Waals surface area contributed by atoms with Crippen molar-refractivity contribution in [3.05, 3.63) is 42.6 Å². The van der Waals surface area contributed by atoms with Gasteiger partial charge in [-0.15, -0.1) is 0 Å². The van der Waals surface area contributed by atoms with Gasteiger partial charge in [0, 0.05) is 11.8 Å². The molecule has 3 rings (SSSR count). The lowest BCUT2D eigenvalue weighted by Crippen LogP contribution is -1.89. The zero-order valence-corrected chi connectivity index (χ0v) is 8.51. The molecule has 0 fully saturated rings. The minimum absolute atomic E-state index is 0.455. The largest absolute Gasteiger partial charge is 0.382 e. The fourth-order valence-corrected chi connectivity index (χ4v) is 1.69. The van der Waals surface area contributed by atoms with E-state index >= 15 is 0 Å². The smallest absolute Gasteiger partial charge is 0.151 e. The molecule has 0 bridgehead atoms. The maximum Gasteiger partial charge on any atom is 0.151 e. The van der Waals surface area contributed by atoms with Crippen LogP contribution in [-0.4, -0.2) is 15.0 Å². The Morgan fingerprint density at radius 1 is 1.06 bits per heavy atom. The molecule has 0 atom stereocenters. The first kappa shape index (κ1) is 8.91. The van der Waals surface area contributed by atoms with Crippen LogP contribution in [0.1, 0.15) is 0 Å². The van der Waals surface area contributed by atoms with Gasteiger partial charge < -0.3 is 10.7 Å². The van der Waals surface area contributed by atoms with Crippen molar-refractivity contribution >= 4 is 16.9 Å². The van der Waals surface area contributed by atoms with Gasteiger partial charge in [-0.05, 0) is 6.07 Å². The topological polar surface area (TPSA) is 67.6 Å². The molecule has 0 unspecified atom stereocenters. The molecule has 0 amide bonds. The lowest BCUT2D eigenvalue weighted by Gasteiger charge is -1.93. The quantitative estimate of drug-likeness (QED) is 0.647. The molecule has 78 valence electrons. The second-order valence-electron chi connectivity index (χ2n) is 3.54. The van der Waals surface area contributed by atoms with Crippen LogP contribution in [0.5, 0.6) is 0 Å². The van der Waals surface area contributed by atoms with Crippen molar-refractivity contribution < 1.29 is 0 Å². The maximum absolute atomic E-state index is 5.75. The highest BCUT2D eigenvalue weighted by Gasteiger charge is 2.06. The van der Waals surface area contributed by atoms with E-state index < -0.39 is 0 Å². The van der Waals surface area contributed by atoms with Gasteiger partial charge in [-0.1, -0.05) is 30.3 Å². The van der Waals surface area contributed by atoms with Crippen LogP contribution in [0.25, 0.3) is 22.4 Å². The molecule has 0 aliphatic carbocycles. The third-order valence-electron chi connectivity index (χ3n) is 2.48. The number of nitrogens with one attached hydrogen (secondary N) is 1. The van der Waals surface area contributed by atoms with Gasteiger partial charge in [0.25, 0.3) is 0 Å². The molecule has 0 spiro atoms. The number of aromatic nitrogens is 3. The third-order valence-corrected chi connectivity index (χ3v) is 2.48. The summed E-state index contributed by atoms with van der Waals surface area (Å²) in [6, 6.07) is 11.8. The summed E-state index contributed by atoms with van der Waals surface area (Å²) in [7, 11) is 0. The third kappa shape index (κ3) is 1.32. The average molecular weight is 210 g/mol. The normalized spacial score (nSPS) is 10.8. The molecule has 3 aromatic rings. The second kappa shape index (κ2) is 3.34. The molecule has 0 aliphatic heterocycles. The van der Waals surface area contributed by atoms with Gasteiger partial charge in [-0.25, -0.2) is 9.97 Å². The summed E-state index contributed by atoms with van der Waals surface area (Å²) in [6.45, 7) is 0. The van der Waals surface area contributed by atoms with Crippen molar-refractivity contribution in [2.45, 2.75) is 0 Å². The van der Waals surface area contributed by atoms with Crippen LogP contribution in [0.3, 0.4) is 0 Å². The van der Waals surface area contributed by atoms with Crippen LogP contribution >= 0.6 is 0 Å². The highest BCUT2D eigenvalue weighted by Crippen LogP contribution is 2.22. The minimum Gasteiger partial charge on any atom is -0.382 e. The summed E-state index contributed by atoms with van der Waals surface area (Å²) in [4.78, 5) is 11.7. The molecule has 0 aliphatic rings. The SMILES string of the molecule is Nc1nccc2[nH]c(-c3ccccc3)nc12. The molecule has 4 heteroatoms. The second-order valence-corrected chi connectivity index (χ2v) is 3.54. The minimum atomic E-state index is 0.455. The van der Waals surface area contributed by atoms with E-state index in [1.165, 1.54) is 0 Å². The van der Waals surface area contributed by atoms with E-state index in [4.69, 9.17) is 5.73 Å². The Hall–Kier alpha value is -2.36. The predicted octanol–water partition coefficient (Wildman–Crippen LogP) is 2.21. The van der Waals surface area contributed by atoms with Crippen LogP contribution in [0, 0.1) is 0 Å². The molecule has 1 aromatic carbocycles. The first-order valence-electron chi connectivity index (χ1n) is 5.00. The molecule has 2 heterocycles. The molecule has 4 nitrogen and oxygen atoms in total. The van der Waals surface area contributed by atoms with Gasteiger partial charge in [0.15, 0.2) is 5.82 Å². The van der Waals surface area contributed by atoms with Crippen LogP contribution in [0.2, 0.25) is 0 Å². The first-order valence-corrected chi connectivity index (χ1v) is 5.00. The van der Waals surface area contributed by atoms with Crippen molar-refractivity contribution in [1.29, 1.82) is 0 Å². The molecule has 16 heavy (non-hydrogen) atoms. The Kier molecular flexibility index (Phi) is 1.86. The fraction of sp³-hybridized carbons (Fsp3) is 0. The van der Waals surface area contributed by atoms with E-state index in [0.717, 1.165) is 22.4 Å². The van der Waals surface area contributed by atoms with E-state index in [1.54, 1.807) is 6.20 Å². The van der Waals surface area contributed by atoms with E-state index in [-0.39, 0.29) is 0 Å². The molecule has 0 saturated carbocycles. The highest BCUT2D eigenvalue weighted by atomic mass is 15.0. The number of nitrogens with two attached hydrogens (primary N) is 1. The Balaban J connectivity index is 2.23. The predicted molar refractivity (Wildman–Crippen MR) is 63.7 cm³/mol. The average Bonchev–Trinajstić information content (AvgIpc) is 2.76. The van der Waals surface area contributed by atoms with Gasteiger partial charge in [0.2, 0.25) is 0 Å². The van der Waals surface area contributed by atoms with Gasteiger partial charge >= 0.3 is 0 Å². The van der Waals surface area contributed by atoms with Gasteiger partial charge in [0.05, 0.1) is 5.52 Å². The Labute approximate surface area is 92.2 Å². The Bertz CT molecular complexity index is 628. The Morgan fingerprint density at radius 3 is 2.62 bits per heavy atom. The molecular weight excluding hydrogens is 200 g/mol. The highest BCUT2D eigenvalue weighted by molar-refractivity contribution is 5.87. The molecule has 2 aromatic heterocycles. The molecule has 3 N–H and O–H groups in total. The van der Waals surface area contributed by atoms with Gasteiger partial charge in [-0.3, -0.25) is 0 Å². The number of benzene rings is 1. The molecule has 0 radical (unpaired) electrons.